The number of nitrogens with one attached hydrogen (secondary N) is 2. The van der Waals surface area contributed by atoms with Crippen LogP contribution >= 0.6 is 0 Å². The summed E-state index contributed by atoms with van der Waals surface area (Å²) in [5, 5.41) is 7.17. The van der Waals surface area contributed by atoms with E-state index in [9.17, 15) is 9.59 Å². The minimum absolute atomic E-state index is 0.237. The second-order valence-electron chi connectivity index (χ2n) is 6.99. The topological polar surface area (TPSA) is 110 Å². The van der Waals surface area contributed by atoms with Crippen molar-refractivity contribution < 1.29 is 9.59 Å². The van der Waals surface area contributed by atoms with Gasteiger partial charge < -0.3 is 10.6 Å². The molecule has 0 aliphatic rings. The third-order valence-electron chi connectivity index (χ3n) is 4.82. The lowest BCUT2D eigenvalue weighted by Crippen LogP contribution is -2.14. The van der Waals surface area contributed by atoms with Crippen LogP contribution in [0, 0.1) is 0 Å². The van der Waals surface area contributed by atoms with Crippen LogP contribution in [0.2, 0.25) is 0 Å². The molecule has 154 valence electrons. The smallest absolute Gasteiger partial charge is 0.274 e. The van der Waals surface area contributed by atoms with E-state index in [0.717, 1.165) is 10.8 Å². The van der Waals surface area contributed by atoms with Gasteiger partial charge in [0, 0.05) is 23.2 Å². The summed E-state index contributed by atoms with van der Waals surface area (Å²) in [5.41, 5.74) is 2.70. The number of pyridine rings is 4. The van der Waals surface area contributed by atoms with Gasteiger partial charge in [-0.05, 0) is 36.4 Å². The normalized spacial score (nSPS) is 10.8. The van der Waals surface area contributed by atoms with Crippen molar-refractivity contribution in [3.63, 3.8) is 0 Å². The molecule has 4 aromatic heterocycles. The molecule has 32 heavy (non-hydrogen) atoms. The van der Waals surface area contributed by atoms with Gasteiger partial charge in [-0.15, -0.1) is 0 Å². The molecule has 1 aromatic carbocycles. The fourth-order valence-corrected chi connectivity index (χ4v) is 3.28. The van der Waals surface area contributed by atoms with E-state index in [2.05, 4.69) is 30.6 Å². The van der Waals surface area contributed by atoms with Crippen LogP contribution in [0.3, 0.4) is 0 Å². The molecule has 0 saturated carbocycles. The molecule has 0 saturated heterocycles. The first-order valence-electron chi connectivity index (χ1n) is 9.81. The summed E-state index contributed by atoms with van der Waals surface area (Å²) in [5.74, 6) is -0.718. The molecule has 0 spiro atoms. The number of fused-ring (bicyclic) bond motifs is 3. The molecule has 2 N–H and O–H groups in total. The van der Waals surface area contributed by atoms with Gasteiger partial charge >= 0.3 is 0 Å². The molecule has 0 aliphatic carbocycles. The number of carbonyl (C=O) groups is 2. The maximum atomic E-state index is 12.7. The van der Waals surface area contributed by atoms with Gasteiger partial charge in [0.15, 0.2) is 0 Å². The van der Waals surface area contributed by atoms with E-state index in [4.69, 9.17) is 0 Å². The van der Waals surface area contributed by atoms with E-state index >= 15 is 0 Å². The molecule has 0 bridgehead atoms. The van der Waals surface area contributed by atoms with Gasteiger partial charge in [-0.2, -0.15) is 0 Å². The molecule has 0 atom stereocenters. The van der Waals surface area contributed by atoms with Crippen LogP contribution in [-0.2, 0) is 0 Å². The minimum atomic E-state index is -0.359. The zero-order valence-corrected chi connectivity index (χ0v) is 16.7. The van der Waals surface area contributed by atoms with Crippen molar-refractivity contribution in [2.45, 2.75) is 0 Å². The van der Waals surface area contributed by atoms with Crippen LogP contribution in [0.1, 0.15) is 21.0 Å². The molecular weight excluding hydrogens is 404 g/mol. The van der Waals surface area contributed by atoms with Gasteiger partial charge in [-0.3, -0.25) is 19.6 Å². The Bertz CT molecular complexity index is 1340. The summed E-state index contributed by atoms with van der Waals surface area (Å²) in [6.45, 7) is 0. The van der Waals surface area contributed by atoms with Crippen LogP contribution in [0.25, 0.3) is 21.8 Å². The number of hydrogen-bond donors (Lipinski definition) is 2. The molecule has 0 aliphatic heterocycles. The highest BCUT2D eigenvalue weighted by Crippen LogP contribution is 2.24. The SMILES string of the molecule is O=C(Nc1cccnc1)c1ccc2ccc3ccc(C(=O)Nc4cccnc4)nc3c2n1. The second kappa shape index (κ2) is 8.19. The molecular formula is C24H16N6O2. The lowest BCUT2D eigenvalue weighted by atomic mass is 10.1. The minimum Gasteiger partial charge on any atom is -0.319 e. The Morgan fingerprint density at radius 1 is 0.594 bits per heavy atom. The van der Waals surface area contributed by atoms with E-state index < -0.39 is 0 Å². The van der Waals surface area contributed by atoms with Gasteiger partial charge in [0.2, 0.25) is 0 Å². The Morgan fingerprint density at radius 2 is 1.03 bits per heavy atom. The van der Waals surface area contributed by atoms with E-state index in [0.29, 0.717) is 22.4 Å². The highest BCUT2D eigenvalue weighted by Gasteiger charge is 2.14. The first kappa shape index (κ1) is 19.3. The highest BCUT2D eigenvalue weighted by molar-refractivity contribution is 6.09. The predicted molar refractivity (Wildman–Crippen MR) is 121 cm³/mol. The van der Waals surface area contributed by atoms with Crippen LogP contribution in [0.4, 0.5) is 11.4 Å². The fourth-order valence-electron chi connectivity index (χ4n) is 3.28. The molecule has 8 nitrogen and oxygen atoms in total. The van der Waals surface area contributed by atoms with Crippen molar-refractivity contribution in [3.8, 4) is 0 Å². The molecule has 0 unspecified atom stereocenters. The maximum absolute atomic E-state index is 12.7. The average Bonchev–Trinajstić information content (AvgIpc) is 2.84. The Labute approximate surface area is 182 Å². The van der Waals surface area contributed by atoms with Crippen LogP contribution in [-0.4, -0.2) is 31.8 Å². The van der Waals surface area contributed by atoms with Gasteiger partial charge in [-0.1, -0.05) is 24.3 Å². The number of benzene rings is 1. The van der Waals surface area contributed by atoms with Crippen molar-refractivity contribution in [1.29, 1.82) is 0 Å². The van der Waals surface area contributed by atoms with Gasteiger partial charge in [-0.25, -0.2) is 9.97 Å². The summed E-state index contributed by atoms with van der Waals surface area (Å²) < 4.78 is 0. The summed E-state index contributed by atoms with van der Waals surface area (Å²) in [7, 11) is 0. The molecule has 0 radical (unpaired) electrons. The largest absolute Gasteiger partial charge is 0.319 e. The van der Waals surface area contributed by atoms with Crippen molar-refractivity contribution in [2.24, 2.45) is 0 Å². The number of amides is 2. The second-order valence-corrected chi connectivity index (χ2v) is 6.99. The fraction of sp³-hybridized carbons (Fsp3) is 0. The molecule has 4 heterocycles. The first-order chi connectivity index (χ1) is 15.7. The van der Waals surface area contributed by atoms with Crippen molar-refractivity contribution in [3.05, 3.63) is 96.8 Å². The number of nitrogens with zero attached hydrogens (tertiary/aromatic N) is 4. The van der Waals surface area contributed by atoms with Gasteiger partial charge in [0.1, 0.15) is 11.4 Å². The van der Waals surface area contributed by atoms with Crippen molar-refractivity contribution in [2.75, 3.05) is 10.6 Å². The van der Waals surface area contributed by atoms with Crippen molar-refractivity contribution >= 4 is 45.0 Å². The van der Waals surface area contributed by atoms with E-state index in [1.165, 1.54) is 0 Å². The van der Waals surface area contributed by atoms with Crippen molar-refractivity contribution in [1.82, 2.24) is 19.9 Å². The number of anilines is 2. The predicted octanol–water partition coefficient (Wildman–Crippen LogP) is 4.08. The number of aromatic nitrogens is 4. The number of hydrogen-bond acceptors (Lipinski definition) is 6. The van der Waals surface area contributed by atoms with Crippen LogP contribution in [0.15, 0.2) is 85.5 Å². The molecule has 8 heteroatoms. The van der Waals surface area contributed by atoms with E-state index in [1.54, 1.807) is 61.2 Å². The average molecular weight is 420 g/mol. The third kappa shape index (κ3) is 3.84. The third-order valence-corrected chi connectivity index (χ3v) is 4.82. The van der Waals surface area contributed by atoms with Gasteiger partial charge in [0.25, 0.3) is 11.8 Å². The Balaban J connectivity index is 1.52. The standard InChI is InChI=1S/C24H16N6O2/c31-23(27-17-3-1-11-25-13-17)19-9-7-15-5-6-16-8-10-20(30-22(16)21(15)29-19)24(32)28-18-4-2-12-26-14-18/h1-14H,(H,27,31)(H,28,32). The first-order valence-corrected chi connectivity index (χ1v) is 9.81. The summed E-state index contributed by atoms with van der Waals surface area (Å²) in [4.78, 5) is 42.4. The van der Waals surface area contributed by atoms with Crippen LogP contribution in [0.5, 0.6) is 0 Å². The quantitative estimate of drug-likeness (QED) is 0.424. The van der Waals surface area contributed by atoms with Gasteiger partial charge in [0.05, 0.1) is 34.8 Å². The zero-order valence-electron chi connectivity index (χ0n) is 16.7. The lowest BCUT2D eigenvalue weighted by molar-refractivity contribution is 0.101. The Morgan fingerprint density at radius 3 is 1.44 bits per heavy atom. The van der Waals surface area contributed by atoms with E-state index in [-0.39, 0.29) is 23.2 Å². The number of carbonyl (C=O) groups excluding carboxylic acids is 2. The monoisotopic (exact) mass is 420 g/mol. The molecule has 2 amide bonds. The maximum Gasteiger partial charge on any atom is 0.274 e. The zero-order chi connectivity index (χ0) is 21.9. The molecule has 5 aromatic rings. The Hall–Kier alpha value is -4.72. The highest BCUT2D eigenvalue weighted by atomic mass is 16.2. The summed E-state index contributed by atoms with van der Waals surface area (Å²) in [6, 6.07) is 17.7. The Kier molecular flexibility index (Phi) is 4.93. The van der Waals surface area contributed by atoms with E-state index in [1.807, 2.05) is 24.3 Å². The summed E-state index contributed by atoms with van der Waals surface area (Å²) in [6.07, 6.45) is 6.37. The lowest BCUT2D eigenvalue weighted by Gasteiger charge is -2.08. The van der Waals surface area contributed by atoms with Crippen LogP contribution < -0.4 is 10.6 Å². The summed E-state index contributed by atoms with van der Waals surface area (Å²) >= 11 is 0. The molecule has 0 fully saturated rings. The molecule has 5 rings (SSSR count). The number of rotatable bonds is 4.